The molecule has 0 fully saturated rings. The summed E-state index contributed by atoms with van der Waals surface area (Å²) >= 11 is 1.23. The van der Waals surface area contributed by atoms with Crippen molar-refractivity contribution in [2.24, 2.45) is 0 Å². The van der Waals surface area contributed by atoms with Crippen LogP contribution < -0.4 is 16.0 Å². The van der Waals surface area contributed by atoms with Crippen molar-refractivity contribution in [2.75, 3.05) is 17.6 Å². The molecule has 0 spiro atoms. The molecule has 0 unspecified atom stereocenters. The van der Waals surface area contributed by atoms with Crippen LogP contribution in [0.3, 0.4) is 0 Å². The molecule has 2 aromatic carbocycles. The number of benzene rings is 2. The Morgan fingerprint density at radius 1 is 1.03 bits per heavy atom. The van der Waals surface area contributed by atoms with Gasteiger partial charge in [0.15, 0.2) is 5.16 Å². The van der Waals surface area contributed by atoms with E-state index in [2.05, 4.69) is 25.9 Å². The Morgan fingerprint density at radius 3 is 2.53 bits per heavy atom. The van der Waals surface area contributed by atoms with Crippen molar-refractivity contribution in [1.82, 2.24) is 20.6 Å². The Bertz CT molecular complexity index is 1010. The van der Waals surface area contributed by atoms with Crippen molar-refractivity contribution >= 4 is 46.0 Å². The van der Waals surface area contributed by atoms with Gasteiger partial charge in [-0.2, -0.15) is 0 Å². The van der Waals surface area contributed by atoms with E-state index in [1.165, 1.54) is 11.8 Å². The topological polar surface area (TPSA) is 96.0 Å². The zero-order chi connectivity index (χ0) is 21.3. The van der Waals surface area contributed by atoms with Crippen LogP contribution in [0.1, 0.15) is 20.3 Å². The smallest absolute Gasteiger partial charge is 0.242 e. The lowest BCUT2D eigenvalue weighted by Gasteiger charge is -2.14. The molecule has 3 rings (SSSR count). The van der Waals surface area contributed by atoms with Gasteiger partial charge in [-0.15, -0.1) is 0 Å². The van der Waals surface area contributed by atoms with Crippen LogP contribution in [-0.2, 0) is 9.59 Å². The van der Waals surface area contributed by atoms with Gasteiger partial charge in [0.25, 0.3) is 0 Å². The molecule has 1 aromatic heterocycles. The number of carbonyl (C=O) groups excluding carboxylic acids is 2. The molecule has 0 aliphatic heterocycles. The fraction of sp³-hybridized carbons (Fsp3) is 0.273. The minimum Gasteiger partial charge on any atom is -0.354 e. The van der Waals surface area contributed by atoms with Crippen molar-refractivity contribution in [2.45, 2.75) is 31.5 Å². The lowest BCUT2D eigenvalue weighted by Crippen LogP contribution is -2.45. The van der Waals surface area contributed by atoms with Gasteiger partial charge in [-0.05, 0) is 37.6 Å². The Balaban J connectivity index is 1.69. The van der Waals surface area contributed by atoms with Crippen LogP contribution in [0.15, 0.2) is 59.8 Å². The number of thioether (sulfide) groups is 1. The van der Waals surface area contributed by atoms with E-state index in [4.69, 9.17) is 0 Å². The number of rotatable bonds is 9. The first-order valence-corrected chi connectivity index (χ1v) is 10.8. The van der Waals surface area contributed by atoms with Gasteiger partial charge in [0, 0.05) is 17.6 Å². The molecule has 3 N–H and O–H groups in total. The summed E-state index contributed by atoms with van der Waals surface area (Å²) in [6.07, 6.45) is 0.848. The molecule has 7 nitrogen and oxygen atoms in total. The summed E-state index contributed by atoms with van der Waals surface area (Å²) in [5, 5.41) is 10.2. The highest BCUT2D eigenvalue weighted by Crippen LogP contribution is 2.26. The maximum atomic E-state index is 12.3. The van der Waals surface area contributed by atoms with Crippen LogP contribution in [0.2, 0.25) is 0 Å². The third-order valence-electron chi connectivity index (χ3n) is 4.27. The molecule has 8 heteroatoms. The first-order valence-electron chi connectivity index (χ1n) is 9.85. The molecular weight excluding hydrogens is 398 g/mol. The van der Waals surface area contributed by atoms with Gasteiger partial charge in [0.2, 0.25) is 11.8 Å². The number of nitrogens with one attached hydrogen (secondary N) is 3. The average Bonchev–Trinajstić information content (AvgIpc) is 2.76. The second-order valence-corrected chi connectivity index (χ2v) is 7.67. The number of fused-ring (bicyclic) bond motifs is 1. The normalized spacial score (nSPS) is 11.7. The lowest BCUT2D eigenvalue weighted by molar-refractivity contribution is -0.127. The highest BCUT2D eigenvalue weighted by Gasteiger charge is 2.16. The maximum Gasteiger partial charge on any atom is 0.242 e. The molecule has 3 aromatic rings. The number of anilines is 2. The molecule has 2 amide bonds. The summed E-state index contributed by atoms with van der Waals surface area (Å²) in [5.74, 6) is 0.371. The van der Waals surface area contributed by atoms with Crippen LogP contribution in [0.5, 0.6) is 0 Å². The highest BCUT2D eigenvalue weighted by atomic mass is 32.2. The first-order chi connectivity index (χ1) is 14.6. The molecule has 156 valence electrons. The Morgan fingerprint density at radius 2 is 1.77 bits per heavy atom. The fourth-order valence-corrected chi connectivity index (χ4v) is 3.42. The van der Waals surface area contributed by atoms with Gasteiger partial charge in [-0.3, -0.25) is 9.59 Å². The third-order valence-corrected chi connectivity index (χ3v) is 5.12. The number of nitrogens with zero attached hydrogens (tertiary/aromatic N) is 2. The monoisotopic (exact) mass is 423 g/mol. The third kappa shape index (κ3) is 5.93. The van der Waals surface area contributed by atoms with Crippen molar-refractivity contribution in [3.05, 3.63) is 54.6 Å². The predicted molar refractivity (Wildman–Crippen MR) is 121 cm³/mol. The van der Waals surface area contributed by atoms with Crippen LogP contribution in [0.4, 0.5) is 11.5 Å². The van der Waals surface area contributed by atoms with Gasteiger partial charge in [0.05, 0.1) is 11.3 Å². The second kappa shape index (κ2) is 10.6. The van der Waals surface area contributed by atoms with E-state index in [0.717, 1.165) is 23.0 Å². The SMILES string of the molecule is CCCNC(=O)[C@@H](C)NC(=O)CSc1nc(Nc2ccccc2)c2ccccc2n1. The van der Waals surface area contributed by atoms with E-state index in [1.807, 2.05) is 61.5 Å². The molecular formula is C22H25N5O2S. The summed E-state index contributed by atoms with van der Waals surface area (Å²) in [6.45, 7) is 4.24. The zero-order valence-corrected chi connectivity index (χ0v) is 17.8. The number of hydrogen-bond acceptors (Lipinski definition) is 6. The number of hydrogen-bond donors (Lipinski definition) is 3. The summed E-state index contributed by atoms with van der Waals surface area (Å²) < 4.78 is 0. The van der Waals surface area contributed by atoms with Crippen molar-refractivity contribution < 1.29 is 9.59 Å². The Labute approximate surface area is 180 Å². The lowest BCUT2D eigenvalue weighted by atomic mass is 10.2. The van der Waals surface area contributed by atoms with Gasteiger partial charge >= 0.3 is 0 Å². The Hall–Kier alpha value is -3.13. The molecule has 1 heterocycles. The molecule has 0 saturated carbocycles. The maximum absolute atomic E-state index is 12.3. The summed E-state index contributed by atoms with van der Waals surface area (Å²) in [4.78, 5) is 33.3. The minimum atomic E-state index is -0.586. The number of para-hydroxylation sites is 2. The molecule has 30 heavy (non-hydrogen) atoms. The fourth-order valence-electron chi connectivity index (χ4n) is 2.75. The largest absolute Gasteiger partial charge is 0.354 e. The number of aromatic nitrogens is 2. The van der Waals surface area contributed by atoms with Crippen LogP contribution in [0.25, 0.3) is 10.9 Å². The van der Waals surface area contributed by atoms with Crippen molar-refractivity contribution in [3.8, 4) is 0 Å². The molecule has 0 radical (unpaired) electrons. The molecule has 1 atom stereocenters. The van der Waals surface area contributed by atoms with E-state index in [9.17, 15) is 9.59 Å². The second-order valence-electron chi connectivity index (χ2n) is 6.73. The summed E-state index contributed by atoms with van der Waals surface area (Å²) in [7, 11) is 0. The average molecular weight is 424 g/mol. The van der Waals surface area contributed by atoms with Gasteiger partial charge < -0.3 is 16.0 Å². The zero-order valence-electron chi connectivity index (χ0n) is 17.0. The van der Waals surface area contributed by atoms with E-state index in [-0.39, 0.29) is 17.6 Å². The highest BCUT2D eigenvalue weighted by molar-refractivity contribution is 7.99. The Kier molecular flexibility index (Phi) is 7.62. The molecule has 0 saturated heterocycles. The van der Waals surface area contributed by atoms with E-state index >= 15 is 0 Å². The quantitative estimate of drug-likeness (QED) is 0.360. The number of amides is 2. The van der Waals surface area contributed by atoms with Crippen LogP contribution in [0, 0.1) is 0 Å². The van der Waals surface area contributed by atoms with Gasteiger partial charge in [0.1, 0.15) is 11.9 Å². The van der Waals surface area contributed by atoms with Crippen LogP contribution >= 0.6 is 11.8 Å². The number of carbonyl (C=O) groups is 2. The molecule has 0 aliphatic carbocycles. The molecule has 0 bridgehead atoms. The standard InChI is InChI=1S/C22H25N5O2S/c1-3-13-23-21(29)15(2)24-19(28)14-30-22-26-18-12-8-7-11-17(18)20(27-22)25-16-9-5-4-6-10-16/h4-12,15H,3,13-14H2,1-2H3,(H,23,29)(H,24,28)(H,25,26,27)/t15-/m1/s1. The van der Waals surface area contributed by atoms with E-state index in [0.29, 0.717) is 17.5 Å². The summed E-state index contributed by atoms with van der Waals surface area (Å²) in [6, 6.07) is 16.9. The van der Waals surface area contributed by atoms with Crippen molar-refractivity contribution in [3.63, 3.8) is 0 Å². The first kappa shape index (κ1) is 21.6. The van der Waals surface area contributed by atoms with E-state index in [1.54, 1.807) is 6.92 Å². The van der Waals surface area contributed by atoms with Crippen molar-refractivity contribution in [1.29, 1.82) is 0 Å². The predicted octanol–water partition coefficient (Wildman–Crippen LogP) is 3.50. The molecule has 0 aliphatic rings. The van der Waals surface area contributed by atoms with Gasteiger partial charge in [-0.1, -0.05) is 49.0 Å². The summed E-state index contributed by atoms with van der Waals surface area (Å²) in [5.41, 5.74) is 1.71. The minimum absolute atomic E-state index is 0.120. The van der Waals surface area contributed by atoms with E-state index < -0.39 is 6.04 Å². The van der Waals surface area contributed by atoms with Gasteiger partial charge in [-0.25, -0.2) is 9.97 Å². The van der Waals surface area contributed by atoms with Crippen LogP contribution in [-0.4, -0.2) is 40.1 Å².